The summed E-state index contributed by atoms with van der Waals surface area (Å²) >= 11 is 0. The molecule has 0 radical (unpaired) electrons. The van der Waals surface area contributed by atoms with Crippen molar-refractivity contribution in [2.24, 2.45) is 5.92 Å². The van der Waals surface area contributed by atoms with Crippen molar-refractivity contribution in [2.45, 2.75) is 38.0 Å². The molecule has 0 aromatic carbocycles. The van der Waals surface area contributed by atoms with Crippen LogP contribution in [0.25, 0.3) is 0 Å². The summed E-state index contributed by atoms with van der Waals surface area (Å²) in [6.45, 7) is 5.13. The zero-order valence-electron chi connectivity index (χ0n) is 12.2. The molecule has 0 spiro atoms. The number of hydrogen-bond acceptors (Lipinski definition) is 4. The molecular weight excluding hydrogens is 284 g/mol. The zero-order valence-corrected chi connectivity index (χ0v) is 13.0. The van der Waals surface area contributed by atoms with Gasteiger partial charge >= 0.3 is 12.0 Å². The predicted octanol–water partition coefficient (Wildman–Crippen LogP) is 0.314. The van der Waals surface area contributed by atoms with Crippen LogP contribution in [-0.4, -0.2) is 60.6 Å². The standard InChI is InChI=1S/C12H22N2O5S/c1-8-5-6-14(9(8)10(15)16)11(17)13-7-12(2,3)20(4,18)19/h8-9H,5-7H2,1-4H3,(H,13,17)(H,15,16). The third-order valence-electron chi connectivity index (χ3n) is 3.88. The third-order valence-corrected chi connectivity index (χ3v) is 6.03. The lowest BCUT2D eigenvalue weighted by Gasteiger charge is -2.27. The minimum Gasteiger partial charge on any atom is -0.480 e. The number of aliphatic carboxylic acids is 1. The van der Waals surface area contributed by atoms with E-state index in [0.717, 1.165) is 6.26 Å². The molecule has 1 aliphatic rings. The average molecular weight is 306 g/mol. The monoisotopic (exact) mass is 306 g/mol. The maximum atomic E-state index is 12.0. The lowest BCUT2D eigenvalue weighted by atomic mass is 10.0. The summed E-state index contributed by atoms with van der Waals surface area (Å²) in [6, 6.07) is -1.38. The summed E-state index contributed by atoms with van der Waals surface area (Å²) in [4.78, 5) is 24.5. The summed E-state index contributed by atoms with van der Waals surface area (Å²) in [6.07, 6.45) is 1.73. The number of carboxylic acid groups (broad SMARTS) is 1. The van der Waals surface area contributed by atoms with Gasteiger partial charge in [0.05, 0.1) is 4.75 Å². The first-order valence-corrected chi connectivity index (χ1v) is 8.33. The Labute approximate surface area is 119 Å². The van der Waals surface area contributed by atoms with E-state index in [1.54, 1.807) is 6.92 Å². The Hall–Kier alpha value is -1.31. The molecule has 2 N–H and O–H groups in total. The first-order valence-electron chi connectivity index (χ1n) is 6.44. The molecule has 1 rings (SSSR count). The van der Waals surface area contributed by atoms with Crippen molar-refractivity contribution in [3.05, 3.63) is 0 Å². The number of urea groups is 1. The van der Waals surface area contributed by atoms with Gasteiger partial charge in [-0.1, -0.05) is 6.92 Å². The second-order valence-corrected chi connectivity index (χ2v) is 8.58. The SMILES string of the molecule is CC1CCN(C(=O)NCC(C)(C)S(C)(=O)=O)C1C(=O)O. The molecule has 7 nitrogen and oxygen atoms in total. The van der Waals surface area contributed by atoms with Crippen LogP contribution in [0.2, 0.25) is 0 Å². The molecule has 0 aromatic rings. The summed E-state index contributed by atoms with van der Waals surface area (Å²) in [7, 11) is -3.31. The molecule has 0 aliphatic carbocycles. The number of likely N-dealkylation sites (tertiary alicyclic amines) is 1. The Kier molecular flexibility index (Phi) is 4.68. The van der Waals surface area contributed by atoms with Crippen molar-refractivity contribution in [1.29, 1.82) is 0 Å². The van der Waals surface area contributed by atoms with Gasteiger partial charge in [0.25, 0.3) is 0 Å². The van der Waals surface area contributed by atoms with Gasteiger partial charge in [-0.15, -0.1) is 0 Å². The van der Waals surface area contributed by atoms with Crippen molar-refractivity contribution in [3.8, 4) is 0 Å². The number of hydrogen-bond donors (Lipinski definition) is 2. The molecule has 8 heteroatoms. The van der Waals surface area contributed by atoms with Crippen LogP contribution < -0.4 is 5.32 Å². The van der Waals surface area contributed by atoms with E-state index in [9.17, 15) is 18.0 Å². The highest BCUT2D eigenvalue weighted by atomic mass is 32.2. The number of nitrogens with one attached hydrogen (secondary N) is 1. The van der Waals surface area contributed by atoms with Crippen LogP contribution in [0.3, 0.4) is 0 Å². The molecule has 2 amide bonds. The Morgan fingerprint density at radius 1 is 1.40 bits per heavy atom. The quantitative estimate of drug-likeness (QED) is 0.778. The molecular formula is C12H22N2O5S. The van der Waals surface area contributed by atoms with E-state index in [1.807, 2.05) is 0 Å². The minimum atomic E-state index is -3.31. The van der Waals surface area contributed by atoms with Crippen molar-refractivity contribution in [3.63, 3.8) is 0 Å². The second kappa shape index (κ2) is 5.59. The molecule has 0 bridgehead atoms. The molecule has 1 heterocycles. The van der Waals surface area contributed by atoms with Gasteiger partial charge in [-0.3, -0.25) is 0 Å². The van der Waals surface area contributed by atoms with Crippen LogP contribution in [0.4, 0.5) is 4.79 Å². The van der Waals surface area contributed by atoms with Gasteiger partial charge in [0.1, 0.15) is 6.04 Å². The van der Waals surface area contributed by atoms with E-state index >= 15 is 0 Å². The first-order chi connectivity index (χ1) is 8.97. The molecule has 1 saturated heterocycles. The zero-order chi connectivity index (χ0) is 15.7. The number of amides is 2. The van der Waals surface area contributed by atoms with Crippen molar-refractivity contribution >= 4 is 21.8 Å². The summed E-state index contributed by atoms with van der Waals surface area (Å²) in [5.41, 5.74) is 0. The highest BCUT2D eigenvalue weighted by molar-refractivity contribution is 7.92. The van der Waals surface area contributed by atoms with E-state index in [4.69, 9.17) is 5.11 Å². The van der Waals surface area contributed by atoms with Crippen LogP contribution in [0.5, 0.6) is 0 Å². The second-order valence-electron chi connectivity index (χ2n) is 5.93. The normalized spacial score (nSPS) is 23.7. The van der Waals surface area contributed by atoms with E-state index < -0.39 is 32.6 Å². The van der Waals surface area contributed by atoms with Gasteiger partial charge in [-0.2, -0.15) is 0 Å². The Morgan fingerprint density at radius 2 is 1.95 bits per heavy atom. The molecule has 2 unspecified atom stereocenters. The first kappa shape index (κ1) is 16.7. The predicted molar refractivity (Wildman–Crippen MR) is 74.2 cm³/mol. The summed E-state index contributed by atoms with van der Waals surface area (Å²) in [5.74, 6) is -1.14. The van der Waals surface area contributed by atoms with E-state index in [0.29, 0.717) is 13.0 Å². The highest BCUT2D eigenvalue weighted by Crippen LogP contribution is 2.24. The Bertz CT molecular complexity index is 500. The molecule has 20 heavy (non-hydrogen) atoms. The molecule has 0 aromatic heterocycles. The van der Waals surface area contributed by atoms with Gasteiger partial charge in [-0.05, 0) is 26.2 Å². The lowest BCUT2D eigenvalue weighted by molar-refractivity contribution is -0.142. The fraction of sp³-hybridized carbons (Fsp3) is 0.833. The van der Waals surface area contributed by atoms with E-state index in [-0.39, 0.29) is 12.5 Å². The van der Waals surface area contributed by atoms with Crippen molar-refractivity contribution in [2.75, 3.05) is 19.3 Å². The number of rotatable bonds is 4. The summed E-state index contributed by atoms with van der Waals surface area (Å²) in [5, 5.41) is 11.7. The van der Waals surface area contributed by atoms with Gasteiger partial charge in [0.2, 0.25) is 0 Å². The van der Waals surface area contributed by atoms with Crippen LogP contribution in [-0.2, 0) is 14.6 Å². The fourth-order valence-corrected chi connectivity index (χ4v) is 2.41. The molecule has 116 valence electrons. The molecule has 1 fully saturated rings. The van der Waals surface area contributed by atoms with E-state index in [1.165, 1.54) is 18.7 Å². The van der Waals surface area contributed by atoms with Crippen molar-refractivity contribution < 1.29 is 23.1 Å². The minimum absolute atomic E-state index is 0.0537. The van der Waals surface area contributed by atoms with Gasteiger partial charge in [0.15, 0.2) is 9.84 Å². The lowest BCUT2D eigenvalue weighted by Crippen LogP contribution is -2.51. The molecule has 0 saturated carbocycles. The Balaban J connectivity index is 2.71. The van der Waals surface area contributed by atoms with Crippen LogP contribution >= 0.6 is 0 Å². The maximum absolute atomic E-state index is 12.0. The smallest absolute Gasteiger partial charge is 0.326 e. The number of nitrogens with zero attached hydrogens (tertiary/aromatic N) is 1. The van der Waals surface area contributed by atoms with Gasteiger partial charge in [0, 0.05) is 19.3 Å². The van der Waals surface area contributed by atoms with Crippen molar-refractivity contribution in [1.82, 2.24) is 10.2 Å². The fourth-order valence-electron chi connectivity index (χ4n) is 2.07. The number of carbonyl (C=O) groups excluding carboxylic acids is 1. The maximum Gasteiger partial charge on any atom is 0.326 e. The molecule has 1 aliphatic heterocycles. The Morgan fingerprint density at radius 3 is 2.40 bits per heavy atom. The topological polar surface area (TPSA) is 104 Å². The van der Waals surface area contributed by atoms with Gasteiger partial charge in [-0.25, -0.2) is 18.0 Å². The summed E-state index contributed by atoms with van der Waals surface area (Å²) < 4.78 is 22.0. The van der Waals surface area contributed by atoms with Gasteiger partial charge < -0.3 is 15.3 Å². The largest absolute Gasteiger partial charge is 0.480 e. The van der Waals surface area contributed by atoms with Crippen LogP contribution in [0.15, 0.2) is 0 Å². The molecule has 2 atom stereocenters. The van der Waals surface area contributed by atoms with Crippen LogP contribution in [0, 0.1) is 5.92 Å². The number of sulfone groups is 1. The highest BCUT2D eigenvalue weighted by Gasteiger charge is 2.40. The number of carbonyl (C=O) groups is 2. The number of carboxylic acids is 1. The van der Waals surface area contributed by atoms with E-state index in [2.05, 4.69) is 5.32 Å². The van der Waals surface area contributed by atoms with Crippen LogP contribution in [0.1, 0.15) is 27.2 Å². The average Bonchev–Trinajstić information content (AvgIpc) is 2.66. The third kappa shape index (κ3) is 3.41.